The first kappa shape index (κ1) is 21.9. The molecule has 3 unspecified atom stereocenters. The number of carbonyl (C=O) groups is 3. The molecular formula is C21H25NO8. The van der Waals surface area contributed by atoms with Gasteiger partial charge in [0, 0.05) is 25.0 Å². The van der Waals surface area contributed by atoms with E-state index in [2.05, 4.69) is 11.9 Å². The molecule has 9 nitrogen and oxygen atoms in total. The molecule has 9 heteroatoms. The highest BCUT2D eigenvalue weighted by atomic mass is 16.8. The highest BCUT2D eigenvalue weighted by Gasteiger charge is 2.53. The number of rotatable bonds is 6. The molecular weight excluding hydrogens is 394 g/mol. The first-order valence-corrected chi connectivity index (χ1v) is 9.70. The summed E-state index contributed by atoms with van der Waals surface area (Å²) in [4.78, 5) is 35.8. The SMILES string of the molecule is C=CC(=O)O[C@@H]1OC2COC(c3ccccc3)O[C@H]2C(OC(=O)CC)[C@@H]1NC(C)=O. The molecule has 1 aromatic rings. The third-order valence-corrected chi connectivity index (χ3v) is 4.74. The van der Waals surface area contributed by atoms with E-state index in [0.29, 0.717) is 0 Å². The van der Waals surface area contributed by atoms with Crippen LogP contribution < -0.4 is 5.32 Å². The lowest BCUT2D eigenvalue weighted by Crippen LogP contribution is -2.67. The summed E-state index contributed by atoms with van der Waals surface area (Å²) in [5.41, 5.74) is 0.785. The first-order chi connectivity index (χ1) is 14.4. The topological polar surface area (TPSA) is 109 Å². The first-order valence-electron chi connectivity index (χ1n) is 9.70. The molecule has 2 fully saturated rings. The average Bonchev–Trinajstić information content (AvgIpc) is 2.75. The van der Waals surface area contributed by atoms with E-state index in [0.717, 1.165) is 11.6 Å². The van der Waals surface area contributed by atoms with E-state index in [1.165, 1.54) is 6.92 Å². The van der Waals surface area contributed by atoms with Crippen molar-refractivity contribution in [2.24, 2.45) is 0 Å². The van der Waals surface area contributed by atoms with Crippen LogP contribution in [0, 0.1) is 0 Å². The fraction of sp³-hybridized carbons (Fsp3) is 0.476. The molecule has 2 aliphatic heterocycles. The molecule has 6 atom stereocenters. The van der Waals surface area contributed by atoms with Gasteiger partial charge >= 0.3 is 11.9 Å². The number of esters is 2. The number of amides is 1. The van der Waals surface area contributed by atoms with Crippen LogP contribution in [0.3, 0.4) is 0 Å². The molecule has 3 rings (SSSR count). The van der Waals surface area contributed by atoms with Crippen LogP contribution in [0.15, 0.2) is 43.0 Å². The van der Waals surface area contributed by atoms with Gasteiger partial charge in [-0.2, -0.15) is 0 Å². The quantitative estimate of drug-likeness (QED) is 0.544. The van der Waals surface area contributed by atoms with Crippen molar-refractivity contribution in [3.8, 4) is 0 Å². The summed E-state index contributed by atoms with van der Waals surface area (Å²) in [6.45, 7) is 6.43. The molecule has 1 aromatic carbocycles. The van der Waals surface area contributed by atoms with Crippen molar-refractivity contribution < 1.29 is 38.1 Å². The third kappa shape index (κ3) is 5.05. The Kier molecular flexibility index (Phi) is 7.20. The van der Waals surface area contributed by atoms with Crippen LogP contribution in [0.4, 0.5) is 0 Å². The van der Waals surface area contributed by atoms with Crippen LogP contribution >= 0.6 is 0 Å². The Morgan fingerprint density at radius 3 is 2.57 bits per heavy atom. The minimum absolute atomic E-state index is 0.110. The molecule has 1 amide bonds. The van der Waals surface area contributed by atoms with E-state index in [-0.39, 0.29) is 13.0 Å². The maximum Gasteiger partial charge on any atom is 0.332 e. The fourth-order valence-corrected chi connectivity index (χ4v) is 3.38. The zero-order chi connectivity index (χ0) is 21.7. The zero-order valence-corrected chi connectivity index (χ0v) is 16.8. The second-order valence-electron chi connectivity index (χ2n) is 6.89. The molecule has 1 N–H and O–H groups in total. The van der Waals surface area contributed by atoms with E-state index in [1.54, 1.807) is 6.92 Å². The van der Waals surface area contributed by atoms with Crippen LogP contribution in [0.2, 0.25) is 0 Å². The van der Waals surface area contributed by atoms with Crippen LogP contribution in [0.25, 0.3) is 0 Å². The minimum atomic E-state index is -1.21. The van der Waals surface area contributed by atoms with Crippen molar-refractivity contribution in [3.63, 3.8) is 0 Å². The lowest BCUT2D eigenvalue weighted by Gasteiger charge is -2.48. The summed E-state index contributed by atoms with van der Waals surface area (Å²) in [6.07, 6.45) is -3.22. The van der Waals surface area contributed by atoms with Gasteiger partial charge in [-0.3, -0.25) is 9.59 Å². The van der Waals surface area contributed by atoms with E-state index >= 15 is 0 Å². The van der Waals surface area contributed by atoms with Crippen molar-refractivity contribution in [3.05, 3.63) is 48.6 Å². The summed E-state index contributed by atoms with van der Waals surface area (Å²) in [5, 5.41) is 2.65. The smallest absolute Gasteiger partial charge is 0.332 e. The second kappa shape index (κ2) is 9.84. The average molecular weight is 419 g/mol. The lowest BCUT2D eigenvalue weighted by atomic mass is 9.95. The Morgan fingerprint density at radius 1 is 1.20 bits per heavy atom. The molecule has 30 heavy (non-hydrogen) atoms. The standard InChI is InChI=1S/C21H25NO8/c1-4-15(24)28-19-17(22-12(3)23)21(29-16(25)5-2)27-14-11-26-20(30-18(14)19)13-9-7-6-8-10-13/h5-10,14,17-21H,2,4,11H2,1,3H3,(H,22,23)/t14?,17-,18+,19?,20?,21-/m0/s1. The molecule has 162 valence electrons. The number of hydrogen-bond donors (Lipinski definition) is 1. The maximum atomic E-state index is 12.1. The highest BCUT2D eigenvalue weighted by Crippen LogP contribution is 2.35. The van der Waals surface area contributed by atoms with Crippen molar-refractivity contribution in [2.45, 2.75) is 57.2 Å². The second-order valence-corrected chi connectivity index (χ2v) is 6.89. The maximum absolute atomic E-state index is 12.1. The Hall–Kier alpha value is -2.75. The van der Waals surface area contributed by atoms with Crippen molar-refractivity contribution >= 4 is 17.8 Å². The minimum Gasteiger partial charge on any atom is -0.457 e. The largest absolute Gasteiger partial charge is 0.457 e. The predicted octanol–water partition coefficient (Wildman–Crippen LogP) is 1.38. The van der Waals surface area contributed by atoms with Gasteiger partial charge in [-0.25, -0.2) is 4.79 Å². The molecule has 0 saturated carbocycles. The molecule has 0 bridgehead atoms. The Balaban J connectivity index is 1.90. The van der Waals surface area contributed by atoms with Crippen LogP contribution in [0.5, 0.6) is 0 Å². The highest BCUT2D eigenvalue weighted by molar-refractivity contribution is 5.81. The Morgan fingerprint density at radius 2 is 1.93 bits per heavy atom. The van der Waals surface area contributed by atoms with Gasteiger partial charge in [-0.15, -0.1) is 0 Å². The molecule has 0 spiro atoms. The molecule has 0 radical (unpaired) electrons. The predicted molar refractivity (Wildman–Crippen MR) is 103 cm³/mol. The lowest BCUT2D eigenvalue weighted by molar-refractivity contribution is -0.339. The summed E-state index contributed by atoms with van der Waals surface area (Å²) >= 11 is 0. The van der Waals surface area contributed by atoms with Gasteiger partial charge in [0.15, 0.2) is 12.4 Å². The van der Waals surface area contributed by atoms with Gasteiger partial charge in [-0.1, -0.05) is 43.8 Å². The van der Waals surface area contributed by atoms with Gasteiger partial charge < -0.3 is 29.0 Å². The number of ether oxygens (including phenoxy) is 5. The Bertz CT molecular complexity index is 782. The third-order valence-electron chi connectivity index (χ3n) is 4.74. The van der Waals surface area contributed by atoms with Crippen molar-refractivity contribution in [1.29, 1.82) is 0 Å². The molecule has 2 aliphatic rings. The van der Waals surface area contributed by atoms with Gasteiger partial charge in [0.05, 0.1) is 6.61 Å². The number of hydrogen-bond acceptors (Lipinski definition) is 8. The van der Waals surface area contributed by atoms with Crippen molar-refractivity contribution in [2.75, 3.05) is 6.61 Å². The van der Waals surface area contributed by atoms with Gasteiger partial charge in [-0.05, 0) is 0 Å². The van der Waals surface area contributed by atoms with Gasteiger partial charge in [0.25, 0.3) is 0 Å². The van der Waals surface area contributed by atoms with E-state index in [9.17, 15) is 14.4 Å². The van der Waals surface area contributed by atoms with E-state index in [4.69, 9.17) is 23.7 Å². The normalized spacial score (nSPS) is 30.5. The molecule has 2 saturated heterocycles. The van der Waals surface area contributed by atoms with E-state index in [1.807, 2.05) is 30.3 Å². The fourth-order valence-electron chi connectivity index (χ4n) is 3.38. The van der Waals surface area contributed by atoms with E-state index < -0.39 is 54.8 Å². The molecule has 0 aromatic heterocycles. The number of fused-ring (bicyclic) bond motifs is 1. The monoisotopic (exact) mass is 419 g/mol. The zero-order valence-electron chi connectivity index (χ0n) is 16.8. The Labute approximate surface area is 174 Å². The number of nitrogens with one attached hydrogen (secondary N) is 1. The van der Waals surface area contributed by atoms with Crippen LogP contribution in [0.1, 0.15) is 32.1 Å². The summed E-state index contributed by atoms with van der Waals surface area (Å²) in [7, 11) is 0. The number of carbonyl (C=O) groups excluding carboxylic acids is 3. The molecule has 2 heterocycles. The number of benzene rings is 1. The molecule has 0 aliphatic carbocycles. The van der Waals surface area contributed by atoms with Gasteiger partial charge in [0.1, 0.15) is 18.2 Å². The van der Waals surface area contributed by atoms with Crippen molar-refractivity contribution in [1.82, 2.24) is 5.32 Å². The van der Waals surface area contributed by atoms with Crippen LogP contribution in [-0.4, -0.2) is 55.1 Å². The summed E-state index contributed by atoms with van der Waals surface area (Å²) in [6, 6.07) is 8.30. The summed E-state index contributed by atoms with van der Waals surface area (Å²) < 4.78 is 28.6. The van der Waals surface area contributed by atoms with Crippen LogP contribution in [-0.2, 0) is 38.1 Å². The van der Waals surface area contributed by atoms with Gasteiger partial charge in [0.2, 0.25) is 12.2 Å². The summed E-state index contributed by atoms with van der Waals surface area (Å²) in [5.74, 6) is -1.64.